The number of hydrogen-bond acceptors (Lipinski definition) is 3. The highest BCUT2D eigenvalue weighted by molar-refractivity contribution is 5.85. The van der Waals surface area contributed by atoms with E-state index in [1.54, 1.807) is 7.11 Å². The molecule has 2 aromatic rings. The van der Waals surface area contributed by atoms with Crippen LogP contribution in [0.3, 0.4) is 0 Å². The number of ether oxygens (including phenoxy) is 1. The number of halogens is 1. The van der Waals surface area contributed by atoms with Gasteiger partial charge in [0.2, 0.25) is 0 Å². The molecule has 0 bridgehead atoms. The van der Waals surface area contributed by atoms with Crippen LogP contribution < -0.4 is 5.32 Å². The van der Waals surface area contributed by atoms with Crippen LogP contribution in [0.25, 0.3) is 5.65 Å². The van der Waals surface area contributed by atoms with E-state index < -0.39 is 0 Å². The Labute approximate surface area is 107 Å². The van der Waals surface area contributed by atoms with E-state index in [0.29, 0.717) is 6.04 Å². The molecule has 4 nitrogen and oxygen atoms in total. The molecule has 5 heteroatoms. The summed E-state index contributed by atoms with van der Waals surface area (Å²) in [6.45, 7) is 3.62. The van der Waals surface area contributed by atoms with Crippen molar-refractivity contribution in [1.29, 1.82) is 0 Å². The average molecular weight is 256 g/mol. The van der Waals surface area contributed by atoms with Crippen molar-refractivity contribution in [3.05, 3.63) is 36.3 Å². The number of nitrogens with one attached hydrogen (secondary N) is 1. The fourth-order valence-corrected chi connectivity index (χ4v) is 1.70. The minimum atomic E-state index is 0. The third-order valence-electron chi connectivity index (χ3n) is 2.54. The number of fused-ring (bicyclic) bond motifs is 1. The van der Waals surface area contributed by atoms with E-state index in [4.69, 9.17) is 4.74 Å². The van der Waals surface area contributed by atoms with Gasteiger partial charge < -0.3 is 14.5 Å². The van der Waals surface area contributed by atoms with Gasteiger partial charge in [-0.1, -0.05) is 6.07 Å². The highest BCUT2D eigenvalue weighted by atomic mass is 35.5. The van der Waals surface area contributed by atoms with Crippen LogP contribution in [0.4, 0.5) is 0 Å². The molecule has 1 N–H and O–H groups in total. The lowest BCUT2D eigenvalue weighted by Gasteiger charge is -2.12. The molecule has 0 aliphatic carbocycles. The molecule has 0 fully saturated rings. The van der Waals surface area contributed by atoms with Gasteiger partial charge in [-0.3, -0.25) is 0 Å². The second-order valence-electron chi connectivity index (χ2n) is 3.92. The molecular formula is C12H18ClN3O. The Kier molecular flexibility index (Phi) is 5.41. The van der Waals surface area contributed by atoms with E-state index in [0.717, 1.165) is 18.8 Å². The summed E-state index contributed by atoms with van der Waals surface area (Å²) in [7, 11) is 1.71. The summed E-state index contributed by atoms with van der Waals surface area (Å²) >= 11 is 0. The van der Waals surface area contributed by atoms with Crippen LogP contribution in [-0.2, 0) is 11.3 Å². The fourth-order valence-electron chi connectivity index (χ4n) is 1.70. The quantitative estimate of drug-likeness (QED) is 0.887. The molecule has 0 aromatic carbocycles. The van der Waals surface area contributed by atoms with Crippen LogP contribution in [0.2, 0.25) is 0 Å². The molecule has 0 radical (unpaired) electrons. The number of hydrogen-bond donors (Lipinski definition) is 1. The summed E-state index contributed by atoms with van der Waals surface area (Å²) in [5, 5.41) is 3.39. The largest absolute Gasteiger partial charge is 0.383 e. The monoisotopic (exact) mass is 255 g/mol. The molecule has 0 aliphatic rings. The first-order chi connectivity index (χ1) is 7.81. The summed E-state index contributed by atoms with van der Waals surface area (Å²) in [5.74, 6) is 0. The summed E-state index contributed by atoms with van der Waals surface area (Å²) < 4.78 is 7.17. The summed E-state index contributed by atoms with van der Waals surface area (Å²) in [6, 6.07) is 6.35. The van der Waals surface area contributed by atoms with Crippen LogP contribution in [-0.4, -0.2) is 29.1 Å². The fraction of sp³-hybridized carbons (Fsp3) is 0.417. The normalized spacial score (nSPS) is 12.4. The van der Waals surface area contributed by atoms with Crippen LogP contribution in [0.5, 0.6) is 0 Å². The molecule has 2 aromatic heterocycles. The molecule has 0 saturated carbocycles. The minimum absolute atomic E-state index is 0. The van der Waals surface area contributed by atoms with Crippen LogP contribution in [0.1, 0.15) is 12.6 Å². The van der Waals surface area contributed by atoms with Crippen molar-refractivity contribution in [3.63, 3.8) is 0 Å². The summed E-state index contributed by atoms with van der Waals surface area (Å²) in [5.41, 5.74) is 2.15. The maximum atomic E-state index is 5.08. The Morgan fingerprint density at radius 3 is 3.06 bits per heavy atom. The van der Waals surface area contributed by atoms with Crippen LogP contribution in [0, 0.1) is 0 Å². The lowest BCUT2D eigenvalue weighted by molar-refractivity contribution is 0.171. The zero-order chi connectivity index (χ0) is 11.4. The molecule has 0 aliphatic heterocycles. The number of aromatic nitrogens is 2. The van der Waals surface area contributed by atoms with Gasteiger partial charge in [0.05, 0.1) is 18.5 Å². The van der Waals surface area contributed by atoms with E-state index >= 15 is 0 Å². The van der Waals surface area contributed by atoms with Gasteiger partial charge >= 0.3 is 0 Å². The highest BCUT2D eigenvalue weighted by Gasteiger charge is 2.04. The Hall–Kier alpha value is -1.10. The maximum absolute atomic E-state index is 5.08. The standard InChI is InChI=1S/C12H17N3O.ClH/c1-10(9-16-2)13-7-11-8-14-12-5-3-4-6-15(11)12;/h3-6,8,10,13H,7,9H2,1-2H3;1H. The number of rotatable bonds is 5. The molecule has 1 atom stereocenters. The van der Waals surface area contributed by atoms with E-state index in [2.05, 4.69) is 21.6 Å². The topological polar surface area (TPSA) is 38.6 Å². The second-order valence-corrected chi connectivity index (χ2v) is 3.92. The predicted molar refractivity (Wildman–Crippen MR) is 70.6 cm³/mol. The van der Waals surface area contributed by atoms with Gasteiger partial charge in [0, 0.05) is 25.9 Å². The predicted octanol–water partition coefficient (Wildman–Crippen LogP) is 1.88. The lowest BCUT2D eigenvalue weighted by Crippen LogP contribution is -2.29. The van der Waals surface area contributed by atoms with Crippen molar-refractivity contribution in [1.82, 2.24) is 14.7 Å². The van der Waals surface area contributed by atoms with Gasteiger partial charge in [-0.25, -0.2) is 4.98 Å². The molecule has 17 heavy (non-hydrogen) atoms. The molecular weight excluding hydrogens is 238 g/mol. The van der Waals surface area contributed by atoms with Crippen molar-refractivity contribution in [3.8, 4) is 0 Å². The lowest BCUT2D eigenvalue weighted by atomic mass is 10.3. The van der Waals surface area contributed by atoms with Crippen LogP contribution in [0.15, 0.2) is 30.6 Å². The average Bonchev–Trinajstić information content (AvgIpc) is 2.70. The van der Waals surface area contributed by atoms with Crippen molar-refractivity contribution in [2.24, 2.45) is 0 Å². The van der Waals surface area contributed by atoms with E-state index in [9.17, 15) is 0 Å². The molecule has 0 spiro atoms. The zero-order valence-corrected chi connectivity index (χ0v) is 10.9. The van der Waals surface area contributed by atoms with Crippen LogP contribution >= 0.6 is 12.4 Å². The van der Waals surface area contributed by atoms with Gasteiger partial charge in [0.25, 0.3) is 0 Å². The van der Waals surface area contributed by atoms with Crippen molar-refractivity contribution < 1.29 is 4.74 Å². The molecule has 2 heterocycles. The van der Waals surface area contributed by atoms with Gasteiger partial charge in [-0.05, 0) is 19.1 Å². The Balaban J connectivity index is 0.00000144. The Morgan fingerprint density at radius 1 is 1.47 bits per heavy atom. The molecule has 0 amide bonds. The SMILES string of the molecule is COCC(C)NCc1cnc2ccccn12.Cl. The zero-order valence-electron chi connectivity index (χ0n) is 10.1. The van der Waals surface area contributed by atoms with Gasteiger partial charge in [-0.2, -0.15) is 0 Å². The van der Waals surface area contributed by atoms with Gasteiger partial charge in [-0.15, -0.1) is 12.4 Å². The summed E-state index contributed by atoms with van der Waals surface area (Å²) in [4.78, 5) is 4.33. The number of methoxy groups -OCH3 is 1. The van der Waals surface area contributed by atoms with E-state index in [1.165, 1.54) is 5.69 Å². The molecule has 2 rings (SSSR count). The third kappa shape index (κ3) is 3.43. The van der Waals surface area contributed by atoms with E-state index in [1.807, 2.05) is 30.6 Å². The first kappa shape index (κ1) is 14.0. The number of imidazole rings is 1. The molecule has 94 valence electrons. The van der Waals surface area contributed by atoms with Crippen molar-refractivity contribution in [2.75, 3.05) is 13.7 Å². The Bertz CT molecular complexity index is 458. The second kappa shape index (κ2) is 6.59. The maximum Gasteiger partial charge on any atom is 0.136 e. The molecule has 1 unspecified atom stereocenters. The van der Waals surface area contributed by atoms with Crippen molar-refractivity contribution in [2.45, 2.75) is 19.5 Å². The smallest absolute Gasteiger partial charge is 0.136 e. The third-order valence-corrected chi connectivity index (χ3v) is 2.54. The van der Waals surface area contributed by atoms with Crippen molar-refractivity contribution >= 4 is 18.1 Å². The first-order valence-corrected chi connectivity index (χ1v) is 5.44. The number of nitrogens with zero attached hydrogens (tertiary/aromatic N) is 2. The number of pyridine rings is 1. The first-order valence-electron chi connectivity index (χ1n) is 5.44. The van der Waals surface area contributed by atoms with Gasteiger partial charge in [0.15, 0.2) is 0 Å². The van der Waals surface area contributed by atoms with E-state index in [-0.39, 0.29) is 12.4 Å². The van der Waals surface area contributed by atoms with Gasteiger partial charge in [0.1, 0.15) is 5.65 Å². The summed E-state index contributed by atoms with van der Waals surface area (Å²) in [6.07, 6.45) is 3.93. The Morgan fingerprint density at radius 2 is 2.29 bits per heavy atom. The highest BCUT2D eigenvalue weighted by Crippen LogP contribution is 2.05. The minimum Gasteiger partial charge on any atom is -0.383 e. The molecule has 0 saturated heterocycles.